The van der Waals surface area contributed by atoms with Crippen molar-refractivity contribution < 1.29 is 0 Å². The Balaban J connectivity index is 0.000000165. The Morgan fingerprint density at radius 2 is 1.86 bits per heavy atom. The van der Waals surface area contributed by atoms with Gasteiger partial charge in [-0.1, -0.05) is 18.2 Å². The van der Waals surface area contributed by atoms with E-state index in [0.29, 0.717) is 0 Å². The molecule has 0 aliphatic carbocycles. The summed E-state index contributed by atoms with van der Waals surface area (Å²) in [6, 6.07) is 10.3. The highest BCUT2D eigenvalue weighted by molar-refractivity contribution is 7.07. The van der Waals surface area contributed by atoms with Crippen molar-refractivity contribution in [2.24, 2.45) is 0 Å². The van der Waals surface area contributed by atoms with Crippen molar-refractivity contribution in [3.05, 3.63) is 47.4 Å². The number of benzene rings is 1. The van der Waals surface area contributed by atoms with Crippen LogP contribution in [0.3, 0.4) is 0 Å². The van der Waals surface area contributed by atoms with Crippen LogP contribution in [-0.2, 0) is 0 Å². The molecule has 0 saturated heterocycles. The number of rotatable bonds is 1. The third-order valence-electron chi connectivity index (χ3n) is 1.62. The molecule has 2 rings (SSSR count). The molecule has 2 aromatic rings. The van der Waals surface area contributed by atoms with Crippen molar-refractivity contribution >= 4 is 17.0 Å². The molecule has 0 spiro atoms. The maximum atomic E-state index is 3.74. The first-order valence-corrected chi connectivity index (χ1v) is 5.29. The number of anilines is 1. The van der Waals surface area contributed by atoms with Crippen molar-refractivity contribution in [3.8, 4) is 0 Å². The lowest BCUT2D eigenvalue weighted by Crippen LogP contribution is -2.07. The van der Waals surface area contributed by atoms with Crippen LogP contribution in [-0.4, -0.2) is 19.1 Å². The lowest BCUT2D eigenvalue weighted by atomic mass is 10.3. The van der Waals surface area contributed by atoms with Gasteiger partial charge in [-0.05, 0) is 12.1 Å². The van der Waals surface area contributed by atoms with Gasteiger partial charge in [0.2, 0.25) is 0 Å². The lowest BCUT2D eigenvalue weighted by molar-refractivity contribution is 1.13. The van der Waals surface area contributed by atoms with E-state index < -0.39 is 0 Å². The summed E-state index contributed by atoms with van der Waals surface area (Å²) in [6.45, 7) is 0. The summed E-state index contributed by atoms with van der Waals surface area (Å²) in [5.74, 6) is 0. The Morgan fingerprint density at radius 1 is 1.14 bits per heavy atom. The fourth-order valence-electron chi connectivity index (χ4n) is 0.902. The van der Waals surface area contributed by atoms with Crippen molar-refractivity contribution in [2.75, 3.05) is 19.0 Å². The van der Waals surface area contributed by atoms with E-state index in [4.69, 9.17) is 0 Å². The normalized spacial score (nSPS) is 8.71. The third-order valence-corrected chi connectivity index (χ3v) is 2.14. The molecule has 2 nitrogen and oxygen atoms in total. The molecule has 0 amide bonds. The van der Waals surface area contributed by atoms with Gasteiger partial charge in [-0.3, -0.25) is 4.98 Å². The molecule has 0 unspecified atom stereocenters. The standard InChI is InChI=1S/C8H11N.C3H3NS/c1-9(2)8-6-4-3-5-7-8;1-2-5-3-4-1/h3-7H,1-2H3;1-3H. The number of aromatic nitrogens is 1. The maximum Gasteiger partial charge on any atom is 0.0791 e. The maximum absolute atomic E-state index is 3.74. The SMILES string of the molecule is CN(C)c1ccccc1.c1cscn1. The smallest absolute Gasteiger partial charge is 0.0791 e. The summed E-state index contributed by atoms with van der Waals surface area (Å²) in [4.78, 5) is 5.82. The van der Waals surface area contributed by atoms with Crippen LogP contribution in [0.25, 0.3) is 0 Å². The Bertz CT molecular complexity index is 299. The van der Waals surface area contributed by atoms with E-state index in [2.05, 4.69) is 22.0 Å². The first-order chi connectivity index (χ1) is 6.80. The van der Waals surface area contributed by atoms with Crippen LogP contribution >= 0.6 is 11.3 Å². The van der Waals surface area contributed by atoms with Crippen LogP contribution in [0, 0.1) is 0 Å². The van der Waals surface area contributed by atoms with Crippen LogP contribution in [0.5, 0.6) is 0 Å². The fourth-order valence-corrected chi connectivity index (χ4v) is 1.25. The molecule has 0 atom stereocenters. The van der Waals surface area contributed by atoms with Gasteiger partial charge in [0.05, 0.1) is 5.51 Å². The third kappa shape index (κ3) is 4.05. The molecular formula is C11H14N2S. The molecule has 0 bridgehead atoms. The van der Waals surface area contributed by atoms with Gasteiger partial charge in [-0.15, -0.1) is 11.3 Å². The zero-order valence-corrected chi connectivity index (χ0v) is 9.24. The number of thiazole rings is 1. The molecular weight excluding hydrogens is 192 g/mol. The Labute approximate surface area is 88.8 Å². The summed E-state index contributed by atoms with van der Waals surface area (Å²) >= 11 is 1.60. The predicted molar refractivity (Wildman–Crippen MR) is 62.9 cm³/mol. The van der Waals surface area contributed by atoms with E-state index in [1.165, 1.54) is 5.69 Å². The molecule has 0 fully saturated rings. The topological polar surface area (TPSA) is 16.1 Å². The highest BCUT2D eigenvalue weighted by Gasteiger charge is 1.87. The number of hydrogen-bond donors (Lipinski definition) is 0. The fraction of sp³-hybridized carbons (Fsp3) is 0.182. The van der Waals surface area contributed by atoms with E-state index in [9.17, 15) is 0 Å². The second kappa shape index (κ2) is 6.16. The molecule has 1 aromatic heterocycles. The van der Waals surface area contributed by atoms with E-state index in [1.807, 2.05) is 37.7 Å². The van der Waals surface area contributed by atoms with Crippen molar-refractivity contribution in [2.45, 2.75) is 0 Å². The number of hydrogen-bond acceptors (Lipinski definition) is 3. The molecule has 0 saturated carbocycles. The van der Waals surface area contributed by atoms with Gasteiger partial charge in [0.25, 0.3) is 0 Å². The van der Waals surface area contributed by atoms with Gasteiger partial charge in [-0.2, -0.15) is 0 Å². The van der Waals surface area contributed by atoms with Crippen LogP contribution in [0.4, 0.5) is 5.69 Å². The summed E-state index contributed by atoms with van der Waals surface area (Å²) in [5.41, 5.74) is 3.04. The molecule has 3 heteroatoms. The molecule has 0 N–H and O–H groups in total. The largest absolute Gasteiger partial charge is 0.378 e. The molecule has 1 aromatic carbocycles. The van der Waals surface area contributed by atoms with Gasteiger partial charge in [0.1, 0.15) is 0 Å². The first kappa shape index (κ1) is 10.7. The second-order valence-corrected chi connectivity index (χ2v) is 3.66. The Morgan fingerprint density at radius 3 is 2.14 bits per heavy atom. The Kier molecular flexibility index (Phi) is 4.72. The van der Waals surface area contributed by atoms with Crippen LogP contribution in [0.15, 0.2) is 47.4 Å². The monoisotopic (exact) mass is 206 g/mol. The summed E-state index contributed by atoms with van der Waals surface area (Å²) in [5, 5.41) is 1.93. The summed E-state index contributed by atoms with van der Waals surface area (Å²) in [7, 11) is 4.07. The molecule has 0 radical (unpaired) electrons. The van der Waals surface area contributed by atoms with E-state index in [0.717, 1.165) is 0 Å². The van der Waals surface area contributed by atoms with Crippen molar-refractivity contribution in [1.82, 2.24) is 4.98 Å². The summed E-state index contributed by atoms with van der Waals surface area (Å²) < 4.78 is 0. The average molecular weight is 206 g/mol. The van der Waals surface area contributed by atoms with E-state index in [-0.39, 0.29) is 0 Å². The van der Waals surface area contributed by atoms with Gasteiger partial charge in [-0.25, -0.2) is 0 Å². The highest BCUT2D eigenvalue weighted by atomic mass is 32.1. The van der Waals surface area contributed by atoms with Crippen LogP contribution in [0.2, 0.25) is 0 Å². The average Bonchev–Trinajstić information content (AvgIpc) is 2.77. The first-order valence-electron chi connectivity index (χ1n) is 4.35. The van der Waals surface area contributed by atoms with Gasteiger partial charge < -0.3 is 4.90 Å². The van der Waals surface area contributed by atoms with Crippen LogP contribution < -0.4 is 4.90 Å². The van der Waals surface area contributed by atoms with Crippen LogP contribution in [0.1, 0.15) is 0 Å². The predicted octanol–water partition coefficient (Wildman–Crippen LogP) is 2.90. The number of para-hydroxylation sites is 1. The lowest BCUT2D eigenvalue weighted by Gasteiger charge is -2.10. The minimum Gasteiger partial charge on any atom is -0.378 e. The zero-order valence-electron chi connectivity index (χ0n) is 8.42. The number of nitrogens with zero attached hydrogens (tertiary/aromatic N) is 2. The molecule has 0 aliphatic heterocycles. The highest BCUT2D eigenvalue weighted by Crippen LogP contribution is 2.07. The quantitative estimate of drug-likeness (QED) is 0.713. The van der Waals surface area contributed by atoms with E-state index >= 15 is 0 Å². The molecule has 14 heavy (non-hydrogen) atoms. The molecule has 1 heterocycles. The minimum absolute atomic E-state index is 1.25. The molecule has 74 valence electrons. The minimum atomic E-state index is 1.25. The second-order valence-electron chi connectivity index (χ2n) is 2.91. The Hall–Kier alpha value is -1.35. The molecule has 0 aliphatic rings. The zero-order chi connectivity index (χ0) is 10.2. The van der Waals surface area contributed by atoms with E-state index in [1.54, 1.807) is 23.0 Å². The van der Waals surface area contributed by atoms with Gasteiger partial charge >= 0.3 is 0 Å². The van der Waals surface area contributed by atoms with Crippen molar-refractivity contribution in [3.63, 3.8) is 0 Å². The van der Waals surface area contributed by atoms with Gasteiger partial charge in [0.15, 0.2) is 0 Å². The van der Waals surface area contributed by atoms with Crippen molar-refractivity contribution in [1.29, 1.82) is 0 Å². The van der Waals surface area contributed by atoms with Gasteiger partial charge in [0, 0.05) is 31.4 Å². The summed E-state index contributed by atoms with van der Waals surface area (Å²) in [6.07, 6.45) is 1.77.